The van der Waals surface area contributed by atoms with Crippen LogP contribution in [0, 0.1) is 5.92 Å². The highest BCUT2D eigenvalue weighted by Gasteiger charge is 2.30. The van der Waals surface area contributed by atoms with E-state index in [2.05, 4.69) is 26.1 Å². The Morgan fingerprint density at radius 3 is 2.42 bits per heavy atom. The number of carbonyl (C=O) groups excluding carboxylic acids is 2. The molecule has 1 aromatic heterocycles. The topological polar surface area (TPSA) is 150 Å². The first kappa shape index (κ1) is 31.7. The standard InChI is InChI=1S/C30H37N5O7S/c1-15(2)26(29(38)33-30-35-34-24(43-30)14-39-4)32-21-11-9-18-19(13-22(21)37)20(31-16(3)36)10-8-17-12-23(40-5)27(41-6)28(42-7)25(17)18/h9,11-13,15,20,26H,8,10,14H2,1-7H3,(H,31,36)(H,32,37)(H,33,35,38)/t20-,26-/m0/s1. The van der Waals surface area contributed by atoms with Crippen molar-refractivity contribution in [1.82, 2.24) is 15.5 Å². The maximum atomic E-state index is 13.7. The molecule has 0 spiro atoms. The molecule has 0 bridgehead atoms. The molecule has 0 saturated carbocycles. The fourth-order valence-electron chi connectivity index (χ4n) is 5.20. The lowest BCUT2D eigenvalue weighted by atomic mass is 9.95. The van der Waals surface area contributed by atoms with Gasteiger partial charge in [-0.2, -0.15) is 0 Å². The summed E-state index contributed by atoms with van der Waals surface area (Å²) >= 11 is 1.21. The number of aromatic nitrogens is 2. The van der Waals surface area contributed by atoms with Crippen molar-refractivity contribution in [3.05, 3.63) is 50.6 Å². The Hall–Kier alpha value is -4.23. The number of rotatable bonds is 11. The summed E-state index contributed by atoms with van der Waals surface area (Å²) in [6.07, 6.45) is 1.12. The Kier molecular flexibility index (Phi) is 10.2. The van der Waals surface area contributed by atoms with E-state index in [4.69, 9.17) is 18.9 Å². The van der Waals surface area contributed by atoms with Gasteiger partial charge in [0.25, 0.3) is 0 Å². The molecular formula is C30H37N5O7S. The van der Waals surface area contributed by atoms with Crippen molar-refractivity contribution in [2.75, 3.05) is 39.1 Å². The third-order valence-electron chi connectivity index (χ3n) is 7.14. The second kappa shape index (κ2) is 13.8. The summed E-state index contributed by atoms with van der Waals surface area (Å²) in [5.74, 6) is 0.630. The normalized spacial score (nSPS) is 14.6. The van der Waals surface area contributed by atoms with E-state index in [1.807, 2.05) is 26.0 Å². The first-order valence-electron chi connectivity index (χ1n) is 13.8. The Bertz CT molecular complexity index is 1560. The highest BCUT2D eigenvalue weighted by molar-refractivity contribution is 7.15. The zero-order chi connectivity index (χ0) is 31.3. The van der Waals surface area contributed by atoms with Crippen molar-refractivity contribution < 1.29 is 28.5 Å². The molecule has 2 amide bonds. The molecule has 12 nitrogen and oxygen atoms in total. The summed E-state index contributed by atoms with van der Waals surface area (Å²) in [5.41, 5.74) is 2.87. The lowest BCUT2D eigenvalue weighted by Gasteiger charge is -2.21. The number of nitrogens with one attached hydrogen (secondary N) is 3. The highest BCUT2D eigenvalue weighted by atomic mass is 32.1. The van der Waals surface area contributed by atoms with Gasteiger partial charge in [-0.25, -0.2) is 0 Å². The van der Waals surface area contributed by atoms with Gasteiger partial charge in [0.2, 0.25) is 28.1 Å². The summed E-state index contributed by atoms with van der Waals surface area (Å²) in [7, 11) is 6.19. The number of methoxy groups -OCH3 is 4. The van der Waals surface area contributed by atoms with Gasteiger partial charge in [0.15, 0.2) is 11.5 Å². The molecule has 1 heterocycles. The van der Waals surface area contributed by atoms with E-state index in [1.165, 1.54) is 31.4 Å². The van der Waals surface area contributed by atoms with Crippen molar-refractivity contribution >= 4 is 34.0 Å². The molecule has 3 N–H and O–H groups in total. The molecular weight excluding hydrogens is 574 g/mol. The maximum Gasteiger partial charge on any atom is 0.248 e. The molecule has 230 valence electrons. The Morgan fingerprint density at radius 1 is 1.05 bits per heavy atom. The number of ether oxygens (including phenoxy) is 4. The van der Waals surface area contributed by atoms with E-state index >= 15 is 0 Å². The van der Waals surface area contributed by atoms with Crippen molar-refractivity contribution in [1.29, 1.82) is 0 Å². The minimum atomic E-state index is -0.762. The summed E-state index contributed by atoms with van der Waals surface area (Å²) < 4.78 is 22.2. The fourth-order valence-corrected chi connectivity index (χ4v) is 5.91. The molecule has 2 atom stereocenters. The summed E-state index contributed by atoms with van der Waals surface area (Å²) in [5, 5.41) is 17.9. The van der Waals surface area contributed by atoms with Crippen molar-refractivity contribution in [3.8, 4) is 28.4 Å². The van der Waals surface area contributed by atoms with Gasteiger partial charge < -0.3 is 29.6 Å². The minimum absolute atomic E-state index is 0.182. The maximum absolute atomic E-state index is 13.7. The predicted molar refractivity (Wildman–Crippen MR) is 164 cm³/mol. The first-order chi connectivity index (χ1) is 20.6. The number of nitrogens with zero attached hydrogens (tertiary/aromatic N) is 2. The van der Waals surface area contributed by atoms with Gasteiger partial charge in [-0.05, 0) is 53.6 Å². The number of amides is 2. The molecule has 0 unspecified atom stereocenters. The second-order valence-corrected chi connectivity index (χ2v) is 11.4. The van der Waals surface area contributed by atoms with Gasteiger partial charge >= 0.3 is 0 Å². The molecule has 13 heteroatoms. The van der Waals surface area contributed by atoms with Crippen LogP contribution in [0.25, 0.3) is 11.1 Å². The highest BCUT2D eigenvalue weighted by Crippen LogP contribution is 2.50. The van der Waals surface area contributed by atoms with Crippen LogP contribution in [-0.2, 0) is 27.4 Å². The largest absolute Gasteiger partial charge is 0.493 e. The van der Waals surface area contributed by atoms with Crippen LogP contribution in [0.5, 0.6) is 17.2 Å². The molecule has 1 aliphatic carbocycles. The monoisotopic (exact) mass is 611 g/mol. The molecule has 0 fully saturated rings. The zero-order valence-electron chi connectivity index (χ0n) is 25.3. The van der Waals surface area contributed by atoms with Crippen molar-refractivity contribution in [2.24, 2.45) is 5.92 Å². The van der Waals surface area contributed by atoms with Crippen molar-refractivity contribution in [3.63, 3.8) is 0 Å². The van der Waals surface area contributed by atoms with Gasteiger partial charge in [0, 0.05) is 19.6 Å². The van der Waals surface area contributed by atoms with E-state index in [0.717, 1.165) is 11.1 Å². The number of hydrogen-bond acceptors (Lipinski definition) is 11. The molecule has 2 aromatic carbocycles. The third-order valence-corrected chi connectivity index (χ3v) is 7.95. The van der Waals surface area contributed by atoms with Crippen LogP contribution >= 0.6 is 11.3 Å². The number of fused-ring (bicyclic) bond motifs is 3. The molecule has 4 rings (SSSR count). The lowest BCUT2D eigenvalue weighted by Crippen LogP contribution is -2.39. The molecule has 3 aromatic rings. The number of benzene rings is 1. The molecule has 0 radical (unpaired) electrons. The van der Waals surface area contributed by atoms with Crippen LogP contribution < -0.4 is 35.6 Å². The van der Waals surface area contributed by atoms with Crippen LogP contribution in [0.4, 0.5) is 10.8 Å². The quantitative estimate of drug-likeness (QED) is 0.291. The summed E-state index contributed by atoms with van der Waals surface area (Å²) in [6.45, 7) is 5.49. The van der Waals surface area contributed by atoms with Crippen molar-refractivity contribution in [2.45, 2.75) is 52.3 Å². The second-order valence-electron chi connectivity index (χ2n) is 10.4. The van der Waals surface area contributed by atoms with Gasteiger partial charge in [-0.3, -0.25) is 19.7 Å². The van der Waals surface area contributed by atoms with Gasteiger partial charge in [-0.15, -0.1) is 10.2 Å². The average Bonchev–Trinajstić information content (AvgIpc) is 3.27. The van der Waals surface area contributed by atoms with Crippen LogP contribution in [0.1, 0.15) is 49.4 Å². The number of hydrogen-bond donors (Lipinski definition) is 3. The van der Waals surface area contributed by atoms with Crippen LogP contribution in [-0.4, -0.2) is 56.5 Å². The summed E-state index contributed by atoms with van der Waals surface area (Å²) in [6, 6.07) is 5.66. The number of aryl methyl sites for hydroxylation is 1. The molecule has 0 saturated heterocycles. The van der Waals surface area contributed by atoms with Crippen LogP contribution in [0.2, 0.25) is 0 Å². The smallest absolute Gasteiger partial charge is 0.248 e. The first-order valence-corrected chi connectivity index (χ1v) is 14.6. The number of anilines is 2. The van der Waals surface area contributed by atoms with E-state index in [0.29, 0.717) is 51.4 Å². The Morgan fingerprint density at radius 2 is 1.79 bits per heavy atom. The van der Waals surface area contributed by atoms with Gasteiger partial charge in [0.1, 0.15) is 17.7 Å². The van der Waals surface area contributed by atoms with E-state index < -0.39 is 12.1 Å². The minimum Gasteiger partial charge on any atom is -0.493 e. The predicted octanol–water partition coefficient (Wildman–Crippen LogP) is 3.94. The number of carbonyl (C=O) groups is 2. The summed E-state index contributed by atoms with van der Waals surface area (Å²) in [4.78, 5) is 39.3. The van der Waals surface area contributed by atoms with Gasteiger partial charge in [0.05, 0.1) is 33.1 Å². The fraction of sp³-hybridized carbons (Fsp3) is 0.433. The lowest BCUT2D eigenvalue weighted by molar-refractivity contribution is -0.120. The van der Waals surface area contributed by atoms with E-state index in [9.17, 15) is 14.4 Å². The molecule has 43 heavy (non-hydrogen) atoms. The SMILES string of the molecule is COCc1nnc(NC(=O)[C@@H](Nc2ccc3c(cc2=O)[C@@H](NC(C)=O)CCc2cc(OC)c(OC)c(OC)c2-3)C(C)C)s1. The van der Waals surface area contributed by atoms with Crippen LogP contribution in [0.3, 0.4) is 0 Å². The molecule has 1 aliphatic rings. The van der Waals surface area contributed by atoms with Gasteiger partial charge in [-0.1, -0.05) is 31.3 Å². The zero-order valence-corrected chi connectivity index (χ0v) is 26.1. The third kappa shape index (κ3) is 6.89. The van der Waals surface area contributed by atoms with E-state index in [1.54, 1.807) is 27.4 Å². The Balaban J connectivity index is 1.81. The molecule has 0 aliphatic heterocycles. The van der Waals surface area contributed by atoms with Crippen LogP contribution in [0.15, 0.2) is 29.1 Å². The van der Waals surface area contributed by atoms with E-state index in [-0.39, 0.29) is 35.5 Å². The Labute approximate surface area is 254 Å². The average molecular weight is 612 g/mol.